The largest absolute Gasteiger partial charge is 0.396 e. The molecule has 2 N–H and O–H groups in total. The van der Waals surface area contributed by atoms with Crippen LogP contribution in [0.2, 0.25) is 5.02 Å². The summed E-state index contributed by atoms with van der Waals surface area (Å²) in [5.74, 6) is 0.825. The van der Waals surface area contributed by atoms with Crippen molar-refractivity contribution in [2.75, 3.05) is 18.6 Å². The van der Waals surface area contributed by atoms with Gasteiger partial charge in [0.15, 0.2) is 0 Å². The second kappa shape index (κ2) is 9.23. The number of benzene rings is 1. The molecule has 5 heteroatoms. The Morgan fingerprint density at radius 1 is 1.47 bits per heavy atom. The van der Waals surface area contributed by atoms with Crippen molar-refractivity contribution in [3.05, 3.63) is 34.9 Å². The molecule has 1 amide bonds. The normalized spacial score (nSPS) is 12.2. The van der Waals surface area contributed by atoms with Crippen LogP contribution in [0.1, 0.15) is 18.4 Å². The van der Waals surface area contributed by atoms with Gasteiger partial charge in [-0.15, -0.1) is 0 Å². The lowest BCUT2D eigenvalue weighted by Gasteiger charge is -2.16. The van der Waals surface area contributed by atoms with Crippen LogP contribution >= 0.6 is 23.4 Å². The summed E-state index contributed by atoms with van der Waals surface area (Å²) in [6.07, 6.45) is 3.63. The van der Waals surface area contributed by atoms with E-state index in [0.717, 1.165) is 11.3 Å². The molecule has 0 aliphatic heterocycles. The zero-order chi connectivity index (χ0) is 14.1. The minimum Gasteiger partial charge on any atom is -0.396 e. The third kappa shape index (κ3) is 6.32. The van der Waals surface area contributed by atoms with Gasteiger partial charge in [-0.25, -0.2) is 0 Å². The molecule has 1 rings (SSSR count). The van der Waals surface area contributed by atoms with Gasteiger partial charge in [-0.2, -0.15) is 11.8 Å². The molecule has 1 aromatic carbocycles. The Hall–Kier alpha value is -0.710. The number of hydrogen-bond donors (Lipinski definition) is 2. The van der Waals surface area contributed by atoms with Gasteiger partial charge in [-0.3, -0.25) is 4.79 Å². The van der Waals surface area contributed by atoms with Crippen LogP contribution in [0.4, 0.5) is 0 Å². The Bertz CT molecular complexity index is 395. The highest BCUT2D eigenvalue weighted by Gasteiger charge is 2.11. The minimum atomic E-state index is 0.00687. The summed E-state index contributed by atoms with van der Waals surface area (Å²) in [5.41, 5.74) is 0.989. The number of carbonyl (C=O) groups is 1. The average molecular weight is 302 g/mol. The number of carbonyl (C=O) groups excluding carboxylic acids is 1. The van der Waals surface area contributed by atoms with Crippen molar-refractivity contribution in [2.24, 2.45) is 0 Å². The number of halogens is 1. The first-order valence-corrected chi connectivity index (χ1v) is 8.07. The number of hydrogen-bond acceptors (Lipinski definition) is 3. The van der Waals surface area contributed by atoms with Gasteiger partial charge in [-0.05, 0) is 30.7 Å². The van der Waals surface area contributed by atoms with Crippen LogP contribution in [0.25, 0.3) is 0 Å². The van der Waals surface area contributed by atoms with Gasteiger partial charge >= 0.3 is 0 Å². The Morgan fingerprint density at radius 3 is 2.84 bits per heavy atom. The summed E-state index contributed by atoms with van der Waals surface area (Å²) in [4.78, 5) is 11.8. The van der Waals surface area contributed by atoms with Crippen molar-refractivity contribution in [3.63, 3.8) is 0 Å². The number of thioether (sulfide) groups is 1. The monoisotopic (exact) mass is 301 g/mol. The SMILES string of the molecule is CSCC(CCO)NC(=O)CCc1ccccc1Cl. The zero-order valence-corrected chi connectivity index (χ0v) is 12.6. The van der Waals surface area contributed by atoms with Crippen LogP contribution in [-0.4, -0.2) is 35.7 Å². The zero-order valence-electron chi connectivity index (χ0n) is 11.1. The average Bonchev–Trinajstić information content (AvgIpc) is 2.38. The van der Waals surface area contributed by atoms with E-state index >= 15 is 0 Å². The number of amides is 1. The minimum absolute atomic E-state index is 0.00687. The second-order valence-corrected chi connectivity index (χ2v) is 5.64. The van der Waals surface area contributed by atoms with Crippen molar-refractivity contribution in [1.29, 1.82) is 0 Å². The van der Waals surface area contributed by atoms with E-state index in [1.54, 1.807) is 11.8 Å². The van der Waals surface area contributed by atoms with Crippen molar-refractivity contribution in [2.45, 2.75) is 25.3 Å². The molecule has 1 atom stereocenters. The standard InChI is InChI=1S/C14H20ClNO2S/c1-19-10-12(8-9-17)16-14(18)7-6-11-4-2-3-5-13(11)15/h2-5,12,17H,6-10H2,1H3,(H,16,18). The van der Waals surface area contributed by atoms with E-state index in [1.807, 2.05) is 30.5 Å². The fraction of sp³-hybridized carbons (Fsp3) is 0.500. The topological polar surface area (TPSA) is 49.3 Å². The number of rotatable bonds is 8. The smallest absolute Gasteiger partial charge is 0.220 e. The van der Waals surface area contributed by atoms with Crippen LogP contribution in [-0.2, 0) is 11.2 Å². The Labute approximate surface area is 123 Å². The highest BCUT2D eigenvalue weighted by Crippen LogP contribution is 2.16. The fourth-order valence-corrected chi connectivity index (χ4v) is 2.69. The summed E-state index contributed by atoms with van der Waals surface area (Å²) in [6.45, 7) is 0.0933. The first kappa shape index (κ1) is 16.3. The molecule has 1 aromatic rings. The van der Waals surface area contributed by atoms with Crippen LogP contribution in [0, 0.1) is 0 Å². The van der Waals surface area contributed by atoms with Crippen LogP contribution in [0.3, 0.4) is 0 Å². The van der Waals surface area contributed by atoms with E-state index in [2.05, 4.69) is 5.32 Å². The van der Waals surface area contributed by atoms with Crippen LogP contribution in [0.5, 0.6) is 0 Å². The Kier molecular flexibility index (Phi) is 7.94. The van der Waals surface area contributed by atoms with E-state index in [-0.39, 0.29) is 18.6 Å². The Morgan fingerprint density at radius 2 is 2.21 bits per heavy atom. The molecule has 0 aromatic heterocycles. The van der Waals surface area contributed by atoms with E-state index < -0.39 is 0 Å². The molecule has 0 aliphatic rings. The van der Waals surface area contributed by atoms with Gasteiger partial charge in [0, 0.05) is 29.8 Å². The van der Waals surface area contributed by atoms with Gasteiger partial charge in [0.05, 0.1) is 0 Å². The molecule has 0 saturated carbocycles. The molecule has 0 bridgehead atoms. The first-order valence-electron chi connectivity index (χ1n) is 6.30. The summed E-state index contributed by atoms with van der Waals surface area (Å²) in [5, 5.41) is 12.6. The maximum atomic E-state index is 11.8. The van der Waals surface area contributed by atoms with E-state index in [4.69, 9.17) is 16.7 Å². The Balaban J connectivity index is 2.40. The van der Waals surface area contributed by atoms with Gasteiger partial charge in [0.1, 0.15) is 0 Å². The molecule has 3 nitrogen and oxygen atoms in total. The van der Waals surface area contributed by atoms with Crippen LogP contribution in [0.15, 0.2) is 24.3 Å². The molecular formula is C14H20ClNO2S. The summed E-state index contributed by atoms with van der Waals surface area (Å²) >= 11 is 7.71. The lowest BCUT2D eigenvalue weighted by atomic mass is 10.1. The van der Waals surface area contributed by atoms with E-state index in [1.165, 1.54) is 0 Å². The van der Waals surface area contributed by atoms with Crippen molar-refractivity contribution < 1.29 is 9.90 Å². The fourth-order valence-electron chi connectivity index (χ4n) is 1.80. The maximum Gasteiger partial charge on any atom is 0.220 e. The number of nitrogens with one attached hydrogen (secondary N) is 1. The summed E-state index contributed by atoms with van der Waals surface area (Å²) in [7, 11) is 0. The summed E-state index contributed by atoms with van der Waals surface area (Å²) < 4.78 is 0. The van der Waals surface area contributed by atoms with Gasteiger partial charge in [0.25, 0.3) is 0 Å². The quantitative estimate of drug-likeness (QED) is 0.775. The van der Waals surface area contributed by atoms with E-state index in [9.17, 15) is 4.79 Å². The molecule has 0 fully saturated rings. The molecule has 0 saturated heterocycles. The molecule has 0 heterocycles. The van der Waals surface area contributed by atoms with E-state index in [0.29, 0.717) is 24.3 Å². The molecule has 19 heavy (non-hydrogen) atoms. The van der Waals surface area contributed by atoms with Crippen molar-refractivity contribution in [1.82, 2.24) is 5.32 Å². The lowest BCUT2D eigenvalue weighted by molar-refractivity contribution is -0.121. The predicted octanol–water partition coefficient (Wildman–Crippen LogP) is 2.50. The van der Waals surface area contributed by atoms with Gasteiger partial charge in [-0.1, -0.05) is 29.8 Å². The molecule has 0 spiro atoms. The lowest BCUT2D eigenvalue weighted by Crippen LogP contribution is -2.37. The molecular weight excluding hydrogens is 282 g/mol. The number of aliphatic hydroxyl groups excluding tert-OH is 1. The maximum absolute atomic E-state index is 11.8. The van der Waals surface area contributed by atoms with Crippen LogP contribution < -0.4 is 5.32 Å². The highest BCUT2D eigenvalue weighted by atomic mass is 35.5. The predicted molar refractivity (Wildman–Crippen MR) is 81.8 cm³/mol. The number of aryl methyl sites for hydroxylation is 1. The van der Waals surface area contributed by atoms with Crippen molar-refractivity contribution >= 4 is 29.3 Å². The van der Waals surface area contributed by atoms with Crippen molar-refractivity contribution in [3.8, 4) is 0 Å². The third-order valence-corrected chi connectivity index (χ3v) is 3.89. The first-order chi connectivity index (χ1) is 9.17. The molecule has 0 radical (unpaired) electrons. The third-order valence-electron chi connectivity index (χ3n) is 2.79. The van der Waals surface area contributed by atoms with Gasteiger partial charge < -0.3 is 10.4 Å². The second-order valence-electron chi connectivity index (χ2n) is 4.32. The molecule has 106 valence electrons. The molecule has 0 aliphatic carbocycles. The molecule has 1 unspecified atom stereocenters. The van der Waals surface area contributed by atoms with Gasteiger partial charge in [0.2, 0.25) is 5.91 Å². The summed E-state index contributed by atoms with van der Waals surface area (Å²) in [6, 6.07) is 7.60. The number of aliphatic hydroxyl groups is 1. The highest BCUT2D eigenvalue weighted by molar-refractivity contribution is 7.98.